The minimum absolute atomic E-state index is 0.117. The highest BCUT2D eigenvalue weighted by Gasteiger charge is 2.14. The fourth-order valence-electron chi connectivity index (χ4n) is 1.70. The molecule has 7 nitrogen and oxygen atoms in total. The van der Waals surface area contributed by atoms with Crippen LogP contribution in [0.25, 0.3) is 6.08 Å². The van der Waals surface area contributed by atoms with Crippen molar-refractivity contribution in [2.24, 2.45) is 5.10 Å². The molecule has 0 aliphatic carbocycles. The van der Waals surface area contributed by atoms with Crippen LogP contribution in [0, 0.1) is 10.1 Å². The molecule has 24 heavy (non-hydrogen) atoms. The van der Waals surface area contributed by atoms with E-state index >= 15 is 0 Å². The molecule has 0 fully saturated rings. The van der Waals surface area contributed by atoms with Gasteiger partial charge in [0.15, 0.2) is 0 Å². The van der Waals surface area contributed by atoms with E-state index in [4.69, 9.17) is 0 Å². The van der Waals surface area contributed by atoms with Crippen molar-refractivity contribution in [1.82, 2.24) is 4.83 Å². The molecule has 0 amide bonds. The molecule has 0 spiro atoms. The number of nitro benzene ring substituents is 1. The quantitative estimate of drug-likeness (QED) is 0.449. The third-order valence-corrected chi connectivity index (χ3v) is 4.49. The van der Waals surface area contributed by atoms with Gasteiger partial charge in [0.25, 0.3) is 15.7 Å². The maximum Gasteiger partial charge on any atom is 0.276 e. The smallest absolute Gasteiger partial charge is 0.258 e. The molecule has 0 saturated heterocycles. The summed E-state index contributed by atoms with van der Waals surface area (Å²) in [5.41, 5.74) is 0.736. The van der Waals surface area contributed by atoms with Crippen molar-refractivity contribution >= 4 is 43.9 Å². The van der Waals surface area contributed by atoms with E-state index in [2.05, 4.69) is 21.0 Å². The van der Waals surface area contributed by atoms with Gasteiger partial charge in [0.2, 0.25) is 0 Å². The lowest BCUT2D eigenvalue weighted by Crippen LogP contribution is -2.18. The van der Waals surface area contributed by atoms with Gasteiger partial charge in [0.05, 0.1) is 16.0 Å². The van der Waals surface area contributed by atoms with Crippen LogP contribution in [0.1, 0.15) is 5.56 Å². The summed E-state index contributed by atoms with van der Waals surface area (Å²) in [6.07, 6.45) is 3.07. The zero-order chi connectivity index (χ0) is 17.6. The largest absolute Gasteiger partial charge is 0.276 e. The summed E-state index contributed by atoms with van der Waals surface area (Å²) < 4.78 is 24.6. The SMILES string of the molecule is O=[N+]([O-])c1ccc(S(=O)(=O)N/N=C/C(Br)=C/c2ccccc2)cc1. The van der Waals surface area contributed by atoms with Crippen molar-refractivity contribution in [2.45, 2.75) is 4.90 Å². The third kappa shape index (κ3) is 5.00. The van der Waals surface area contributed by atoms with E-state index in [-0.39, 0.29) is 10.6 Å². The molecule has 2 rings (SSSR count). The van der Waals surface area contributed by atoms with Gasteiger partial charge in [-0.1, -0.05) is 30.3 Å². The number of nitrogens with one attached hydrogen (secondary N) is 1. The summed E-state index contributed by atoms with van der Waals surface area (Å²) in [6.45, 7) is 0. The van der Waals surface area contributed by atoms with Crippen LogP contribution < -0.4 is 4.83 Å². The van der Waals surface area contributed by atoms with Crippen LogP contribution in [0.4, 0.5) is 5.69 Å². The lowest BCUT2D eigenvalue weighted by atomic mass is 10.2. The summed E-state index contributed by atoms with van der Waals surface area (Å²) >= 11 is 3.27. The first-order valence-corrected chi connectivity index (χ1v) is 8.88. The molecule has 1 N–H and O–H groups in total. The van der Waals surface area contributed by atoms with Crippen LogP contribution in [0.5, 0.6) is 0 Å². The zero-order valence-electron chi connectivity index (χ0n) is 12.2. The number of benzene rings is 2. The first kappa shape index (κ1) is 17.8. The molecule has 0 radical (unpaired) electrons. The number of hydrogen-bond donors (Lipinski definition) is 1. The highest BCUT2D eigenvalue weighted by atomic mass is 79.9. The summed E-state index contributed by atoms with van der Waals surface area (Å²) in [5, 5.41) is 14.2. The average Bonchev–Trinajstić information content (AvgIpc) is 2.55. The van der Waals surface area contributed by atoms with Gasteiger partial charge in [-0.15, -0.1) is 0 Å². The van der Waals surface area contributed by atoms with E-state index in [0.717, 1.165) is 29.8 Å². The highest BCUT2D eigenvalue weighted by molar-refractivity contribution is 9.12. The second-order valence-corrected chi connectivity index (χ2v) is 7.12. The van der Waals surface area contributed by atoms with E-state index < -0.39 is 14.9 Å². The number of sulfonamides is 1. The topological polar surface area (TPSA) is 102 Å². The van der Waals surface area contributed by atoms with Crippen molar-refractivity contribution < 1.29 is 13.3 Å². The molecule has 0 heterocycles. The predicted octanol–water partition coefficient (Wildman–Crippen LogP) is 3.29. The molecule has 0 aromatic heterocycles. The van der Waals surface area contributed by atoms with Crippen molar-refractivity contribution in [3.63, 3.8) is 0 Å². The number of rotatable bonds is 6. The number of nitro groups is 1. The summed E-state index contributed by atoms with van der Waals surface area (Å²) in [7, 11) is -3.89. The lowest BCUT2D eigenvalue weighted by Gasteiger charge is -2.02. The standard InChI is InChI=1S/C15H12BrN3O4S/c16-13(10-12-4-2-1-3-5-12)11-17-18-24(22,23)15-8-6-14(7-9-15)19(20)21/h1-11,18H/b13-10-,17-11+. The van der Waals surface area contributed by atoms with E-state index in [1.165, 1.54) is 6.21 Å². The van der Waals surface area contributed by atoms with Gasteiger partial charge >= 0.3 is 0 Å². The van der Waals surface area contributed by atoms with Gasteiger partial charge in [0.1, 0.15) is 0 Å². The number of non-ortho nitro benzene ring substituents is 1. The Bertz CT molecular complexity index is 879. The summed E-state index contributed by atoms with van der Waals surface area (Å²) in [6, 6.07) is 13.9. The van der Waals surface area contributed by atoms with Gasteiger partial charge in [-0.05, 0) is 39.7 Å². The molecule has 0 aliphatic heterocycles. The van der Waals surface area contributed by atoms with Crippen molar-refractivity contribution in [3.8, 4) is 0 Å². The fourth-order valence-corrected chi connectivity index (χ4v) is 2.86. The molecule has 9 heteroatoms. The maximum absolute atomic E-state index is 12.0. The van der Waals surface area contributed by atoms with Gasteiger partial charge in [-0.25, -0.2) is 4.83 Å². The molecule has 2 aromatic rings. The van der Waals surface area contributed by atoms with Crippen LogP contribution in [0.15, 0.2) is 69.1 Å². The van der Waals surface area contributed by atoms with Crippen molar-refractivity contribution in [3.05, 3.63) is 74.8 Å². The Labute approximate surface area is 147 Å². The fraction of sp³-hybridized carbons (Fsp3) is 0. The van der Waals surface area contributed by atoms with Crippen LogP contribution >= 0.6 is 15.9 Å². The molecule has 0 unspecified atom stereocenters. The van der Waals surface area contributed by atoms with Crippen LogP contribution in [0.3, 0.4) is 0 Å². The second kappa shape index (κ2) is 7.84. The van der Waals surface area contributed by atoms with E-state index in [1.807, 2.05) is 35.2 Å². The average molecular weight is 410 g/mol. The Kier molecular flexibility index (Phi) is 5.83. The Balaban J connectivity index is 2.06. The summed E-state index contributed by atoms with van der Waals surface area (Å²) in [4.78, 5) is 11.9. The number of nitrogens with zero attached hydrogens (tertiary/aromatic N) is 2. The van der Waals surface area contributed by atoms with Crippen molar-refractivity contribution in [1.29, 1.82) is 0 Å². The number of allylic oxidation sites excluding steroid dienone is 1. The number of hydrazone groups is 1. The Morgan fingerprint density at radius 1 is 1.12 bits per heavy atom. The summed E-state index contributed by atoms with van der Waals surface area (Å²) in [5.74, 6) is 0. The molecule has 0 bridgehead atoms. The molecule has 124 valence electrons. The molecule has 0 saturated carbocycles. The molecular weight excluding hydrogens is 398 g/mol. The normalized spacial score (nSPS) is 12.3. The monoisotopic (exact) mass is 409 g/mol. The molecule has 0 atom stereocenters. The Hall–Kier alpha value is -2.52. The van der Waals surface area contributed by atoms with Crippen molar-refractivity contribution in [2.75, 3.05) is 0 Å². The Morgan fingerprint density at radius 3 is 2.33 bits per heavy atom. The second-order valence-electron chi connectivity index (χ2n) is 4.54. The van der Waals surface area contributed by atoms with Gasteiger partial charge in [0, 0.05) is 16.6 Å². The van der Waals surface area contributed by atoms with Gasteiger partial charge in [-0.2, -0.15) is 13.5 Å². The van der Waals surface area contributed by atoms with Crippen LogP contribution in [-0.2, 0) is 10.0 Å². The van der Waals surface area contributed by atoms with E-state index in [0.29, 0.717) is 4.48 Å². The number of hydrogen-bond acceptors (Lipinski definition) is 5. The Morgan fingerprint density at radius 2 is 1.75 bits per heavy atom. The van der Waals surface area contributed by atoms with E-state index in [1.54, 1.807) is 6.08 Å². The molecule has 0 aliphatic rings. The van der Waals surface area contributed by atoms with E-state index in [9.17, 15) is 18.5 Å². The minimum atomic E-state index is -3.89. The first-order valence-electron chi connectivity index (χ1n) is 6.60. The third-order valence-electron chi connectivity index (χ3n) is 2.82. The zero-order valence-corrected chi connectivity index (χ0v) is 14.6. The number of halogens is 1. The minimum Gasteiger partial charge on any atom is -0.258 e. The van der Waals surface area contributed by atoms with Gasteiger partial charge < -0.3 is 0 Å². The van der Waals surface area contributed by atoms with Crippen LogP contribution in [-0.4, -0.2) is 19.6 Å². The lowest BCUT2D eigenvalue weighted by molar-refractivity contribution is -0.384. The molecular formula is C15H12BrN3O4S. The predicted molar refractivity (Wildman–Crippen MR) is 95.3 cm³/mol. The molecule has 2 aromatic carbocycles. The highest BCUT2D eigenvalue weighted by Crippen LogP contribution is 2.15. The van der Waals surface area contributed by atoms with Gasteiger partial charge in [-0.3, -0.25) is 10.1 Å². The van der Waals surface area contributed by atoms with Crippen LogP contribution in [0.2, 0.25) is 0 Å². The maximum atomic E-state index is 12.0. The first-order chi connectivity index (χ1) is 11.4.